The molecular weight excluding hydrogens is 224 g/mol. The van der Waals surface area contributed by atoms with Crippen molar-refractivity contribution < 1.29 is 9.47 Å². The zero-order chi connectivity index (χ0) is 13.2. The van der Waals surface area contributed by atoms with Gasteiger partial charge in [-0.3, -0.25) is 0 Å². The van der Waals surface area contributed by atoms with Gasteiger partial charge < -0.3 is 9.47 Å². The lowest BCUT2D eigenvalue weighted by atomic mass is 10.0. The van der Waals surface area contributed by atoms with Crippen molar-refractivity contribution in [2.24, 2.45) is 0 Å². The Morgan fingerprint density at radius 3 is 2.78 bits per heavy atom. The molecule has 1 aromatic rings. The second-order valence-electron chi connectivity index (χ2n) is 6.08. The normalized spacial score (nSPS) is 22.4. The van der Waals surface area contributed by atoms with Gasteiger partial charge in [0.25, 0.3) is 0 Å². The Hall–Kier alpha value is -1.02. The minimum absolute atomic E-state index is 0.0216. The second kappa shape index (κ2) is 5.31. The molecule has 2 nitrogen and oxygen atoms in total. The average Bonchev–Trinajstić information content (AvgIpc) is 2.67. The van der Waals surface area contributed by atoms with Crippen LogP contribution in [0.25, 0.3) is 0 Å². The number of benzene rings is 1. The highest BCUT2D eigenvalue weighted by Gasteiger charge is 2.31. The van der Waals surface area contributed by atoms with Crippen LogP contribution in [0.4, 0.5) is 0 Å². The molecular formula is C16H24O2. The zero-order valence-corrected chi connectivity index (χ0v) is 11.9. The maximum absolute atomic E-state index is 5.92. The number of rotatable bonds is 4. The first-order valence-electron chi connectivity index (χ1n) is 6.87. The molecule has 1 heterocycles. The molecule has 2 heteroatoms. The van der Waals surface area contributed by atoms with Gasteiger partial charge >= 0.3 is 0 Å². The maximum Gasteiger partial charge on any atom is 0.119 e. The molecule has 0 unspecified atom stereocenters. The molecule has 0 amide bonds. The molecule has 1 saturated heterocycles. The molecule has 0 saturated carbocycles. The molecule has 100 valence electrons. The summed E-state index contributed by atoms with van der Waals surface area (Å²) in [6, 6.07) is 8.35. The fourth-order valence-electron chi connectivity index (χ4n) is 2.35. The Morgan fingerprint density at radius 2 is 2.17 bits per heavy atom. The van der Waals surface area contributed by atoms with Crippen LogP contribution in [-0.2, 0) is 4.74 Å². The summed E-state index contributed by atoms with van der Waals surface area (Å²) in [5.41, 5.74) is 1.34. The molecule has 0 bridgehead atoms. The Morgan fingerprint density at radius 1 is 1.39 bits per heavy atom. The Bertz CT molecular complexity index is 396. The highest BCUT2D eigenvalue weighted by molar-refractivity contribution is 5.30. The molecule has 1 aromatic carbocycles. The van der Waals surface area contributed by atoms with Gasteiger partial charge in [0, 0.05) is 0 Å². The van der Waals surface area contributed by atoms with Gasteiger partial charge in [-0.05, 0) is 50.3 Å². The third-order valence-electron chi connectivity index (χ3n) is 3.51. The van der Waals surface area contributed by atoms with Gasteiger partial charge in [-0.1, -0.05) is 26.0 Å². The van der Waals surface area contributed by atoms with Gasteiger partial charge in [0.2, 0.25) is 0 Å². The van der Waals surface area contributed by atoms with E-state index in [4.69, 9.17) is 9.47 Å². The summed E-state index contributed by atoms with van der Waals surface area (Å²) in [5, 5.41) is 0. The SMILES string of the molecule is CC(C)c1cccc(OC[C@@H]2CCC(C)(C)O2)c1. The summed E-state index contributed by atoms with van der Waals surface area (Å²) < 4.78 is 11.8. The van der Waals surface area contributed by atoms with Gasteiger partial charge in [-0.25, -0.2) is 0 Å². The van der Waals surface area contributed by atoms with Crippen LogP contribution in [-0.4, -0.2) is 18.3 Å². The van der Waals surface area contributed by atoms with Crippen molar-refractivity contribution in [2.75, 3.05) is 6.61 Å². The van der Waals surface area contributed by atoms with Gasteiger partial charge in [0.05, 0.1) is 11.7 Å². The van der Waals surface area contributed by atoms with Crippen molar-refractivity contribution in [1.82, 2.24) is 0 Å². The minimum Gasteiger partial charge on any atom is -0.491 e. The van der Waals surface area contributed by atoms with Crippen LogP contribution < -0.4 is 4.74 Å². The van der Waals surface area contributed by atoms with Gasteiger partial charge in [0.1, 0.15) is 12.4 Å². The largest absolute Gasteiger partial charge is 0.491 e. The molecule has 18 heavy (non-hydrogen) atoms. The van der Waals surface area contributed by atoms with E-state index in [1.807, 2.05) is 6.07 Å². The Balaban J connectivity index is 1.89. The third-order valence-corrected chi connectivity index (χ3v) is 3.51. The van der Waals surface area contributed by atoms with Crippen LogP contribution in [0.1, 0.15) is 52.0 Å². The van der Waals surface area contributed by atoms with Crippen molar-refractivity contribution in [1.29, 1.82) is 0 Å². The first-order valence-corrected chi connectivity index (χ1v) is 6.87. The quantitative estimate of drug-likeness (QED) is 0.797. The predicted octanol–water partition coefficient (Wildman–Crippen LogP) is 4.15. The average molecular weight is 248 g/mol. The summed E-state index contributed by atoms with van der Waals surface area (Å²) in [7, 11) is 0. The highest BCUT2D eigenvalue weighted by Crippen LogP contribution is 2.30. The van der Waals surface area contributed by atoms with E-state index < -0.39 is 0 Å². The molecule has 0 N–H and O–H groups in total. The fourth-order valence-corrected chi connectivity index (χ4v) is 2.35. The third kappa shape index (κ3) is 3.49. The molecule has 0 radical (unpaired) electrons. The fraction of sp³-hybridized carbons (Fsp3) is 0.625. The van der Waals surface area contributed by atoms with Gasteiger partial charge in [0.15, 0.2) is 0 Å². The highest BCUT2D eigenvalue weighted by atomic mass is 16.6. The van der Waals surface area contributed by atoms with Crippen LogP contribution in [0.15, 0.2) is 24.3 Å². The lowest BCUT2D eigenvalue weighted by molar-refractivity contribution is -0.0326. The smallest absolute Gasteiger partial charge is 0.119 e. The molecule has 1 aliphatic heterocycles. The van der Waals surface area contributed by atoms with Crippen molar-refractivity contribution in [3.8, 4) is 5.75 Å². The molecule has 1 atom stereocenters. The van der Waals surface area contributed by atoms with Crippen LogP contribution in [0.3, 0.4) is 0 Å². The van der Waals surface area contributed by atoms with E-state index in [1.54, 1.807) is 0 Å². The van der Waals surface area contributed by atoms with E-state index in [-0.39, 0.29) is 11.7 Å². The number of hydrogen-bond acceptors (Lipinski definition) is 2. The van der Waals surface area contributed by atoms with Crippen molar-refractivity contribution in [3.63, 3.8) is 0 Å². The van der Waals surface area contributed by atoms with Crippen molar-refractivity contribution >= 4 is 0 Å². The minimum atomic E-state index is 0.0216. The standard InChI is InChI=1S/C16H24O2/c1-12(2)13-6-5-7-14(10-13)17-11-15-8-9-16(3,4)18-15/h5-7,10,12,15H,8-9,11H2,1-4H3/t15-/m0/s1. The predicted molar refractivity (Wildman–Crippen MR) is 74.2 cm³/mol. The van der Waals surface area contributed by atoms with Crippen LogP contribution >= 0.6 is 0 Å². The molecule has 0 aliphatic carbocycles. The molecule has 2 rings (SSSR count). The van der Waals surface area contributed by atoms with E-state index in [9.17, 15) is 0 Å². The van der Waals surface area contributed by atoms with Crippen LogP contribution in [0.5, 0.6) is 5.75 Å². The lowest BCUT2D eigenvalue weighted by Gasteiger charge is -2.19. The number of ether oxygens (including phenoxy) is 2. The first kappa shape index (κ1) is 13.4. The molecule has 1 fully saturated rings. The van der Waals surface area contributed by atoms with E-state index in [1.165, 1.54) is 5.56 Å². The lowest BCUT2D eigenvalue weighted by Crippen LogP contribution is -2.23. The molecule has 1 aliphatic rings. The summed E-state index contributed by atoms with van der Waals surface area (Å²) in [4.78, 5) is 0. The molecule has 0 spiro atoms. The van der Waals surface area contributed by atoms with E-state index in [0.717, 1.165) is 18.6 Å². The summed E-state index contributed by atoms with van der Waals surface area (Å²) in [5.74, 6) is 1.49. The summed E-state index contributed by atoms with van der Waals surface area (Å²) in [6.45, 7) is 9.34. The first-order chi connectivity index (χ1) is 8.46. The van der Waals surface area contributed by atoms with Crippen LogP contribution in [0.2, 0.25) is 0 Å². The number of hydrogen-bond donors (Lipinski definition) is 0. The topological polar surface area (TPSA) is 18.5 Å². The van der Waals surface area contributed by atoms with Crippen molar-refractivity contribution in [3.05, 3.63) is 29.8 Å². The summed E-state index contributed by atoms with van der Waals surface area (Å²) in [6.07, 6.45) is 2.45. The molecule has 0 aromatic heterocycles. The monoisotopic (exact) mass is 248 g/mol. The van der Waals surface area contributed by atoms with Crippen LogP contribution in [0, 0.1) is 0 Å². The maximum atomic E-state index is 5.92. The van der Waals surface area contributed by atoms with Gasteiger partial charge in [-0.2, -0.15) is 0 Å². The second-order valence-corrected chi connectivity index (χ2v) is 6.08. The van der Waals surface area contributed by atoms with Crippen molar-refractivity contribution in [2.45, 2.75) is 58.2 Å². The van der Waals surface area contributed by atoms with Gasteiger partial charge in [-0.15, -0.1) is 0 Å². The van der Waals surface area contributed by atoms with E-state index in [0.29, 0.717) is 12.5 Å². The Labute approximate surface area is 110 Å². The van der Waals surface area contributed by atoms with E-state index in [2.05, 4.69) is 45.9 Å². The zero-order valence-electron chi connectivity index (χ0n) is 11.9. The Kier molecular flexibility index (Phi) is 3.96. The van der Waals surface area contributed by atoms with E-state index >= 15 is 0 Å². The summed E-state index contributed by atoms with van der Waals surface area (Å²) >= 11 is 0.